The largest absolute Gasteiger partial charge is 0.461 e. The smallest absolute Gasteiger partial charge is 0.373 e. The zero-order chi connectivity index (χ0) is 22.7. The van der Waals surface area contributed by atoms with Crippen molar-refractivity contribution in [2.24, 2.45) is 5.92 Å². The lowest BCUT2D eigenvalue weighted by Gasteiger charge is -2.37. The number of nitrogens with zero attached hydrogens (tertiary/aromatic N) is 1. The van der Waals surface area contributed by atoms with E-state index < -0.39 is 11.5 Å². The molecule has 0 amide bonds. The maximum atomic E-state index is 13.1. The number of Topliss-reactive ketones (excluding diaryl/α,β-unsaturated/α-hetero) is 1. The fourth-order valence-corrected chi connectivity index (χ4v) is 3.02. The first kappa shape index (κ1) is 25.2. The van der Waals surface area contributed by atoms with Crippen LogP contribution in [0.5, 0.6) is 0 Å². The van der Waals surface area contributed by atoms with Crippen LogP contribution < -0.4 is 5.32 Å². The number of ketones is 1. The topological polar surface area (TPSA) is 102 Å². The van der Waals surface area contributed by atoms with Crippen LogP contribution in [0, 0.1) is 5.92 Å². The van der Waals surface area contributed by atoms with Crippen LogP contribution in [-0.2, 0) is 19.1 Å². The number of hydrogen-bond acceptors (Lipinski definition) is 7. The Morgan fingerprint density at radius 3 is 2.20 bits per heavy atom. The van der Waals surface area contributed by atoms with E-state index in [0.29, 0.717) is 11.3 Å². The molecule has 0 bridgehead atoms. The lowest BCUT2D eigenvalue weighted by molar-refractivity contribution is -0.191. The van der Waals surface area contributed by atoms with E-state index in [4.69, 9.17) is 14.3 Å². The van der Waals surface area contributed by atoms with Crippen molar-refractivity contribution in [3.63, 3.8) is 0 Å². The van der Waals surface area contributed by atoms with E-state index in [0.717, 1.165) is 4.47 Å². The maximum Gasteiger partial charge on any atom is 0.373 e. The quantitative estimate of drug-likeness (QED) is 0.447. The Morgan fingerprint density at radius 1 is 1.13 bits per heavy atom. The molecule has 2 rings (SSSR count). The highest BCUT2D eigenvalue weighted by Crippen LogP contribution is 2.30. The molecule has 1 atom stereocenters. The molecule has 0 aliphatic rings. The van der Waals surface area contributed by atoms with Gasteiger partial charge in [-0.3, -0.25) is 9.78 Å². The number of benzene rings is 1. The maximum absolute atomic E-state index is 13.1. The van der Waals surface area contributed by atoms with Gasteiger partial charge in [0.25, 0.3) is 0 Å². The van der Waals surface area contributed by atoms with Gasteiger partial charge in [-0.1, -0.05) is 41.9 Å². The van der Waals surface area contributed by atoms with Gasteiger partial charge in [0.1, 0.15) is 5.54 Å². The highest BCUT2D eigenvalue weighted by Gasteiger charge is 2.45. The van der Waals surface area contributed by atoms with Gasteiger partial charge in [0.15, 0.2) is 5.78 Å². The predicted octanol–water partition coefficient (Wildman–Crippen LogP) is 4.29. The summed E-state index contributed by atoms with van der Waals surface area (Å²) in [6, 6.07) is 10.7. The first-order valence-electron chi connectivity index (χ1n) is 9.33. The van der Waals surface area contributed by atoms with Crippen LogP contribution in [-0.4, -0.2) is 34.5 Å². The number of rotatable bonds is 8. The Balaban J connectivity index is 0.00000141. The van der Waals surface area contributed by atoms with Gasteiger partial charge in [0.2, 0.25) is 0 Å². The van der Waals surface area contributed by atoms with Gasteiger partial charge in [-0.25, -0.2) is 4.79 Å². The summed E-state index contributed by atoms with van der Waals surface area (Å²) in [5, 5.41) is 3.24. The highest BCUT2D eigenvalue weighted by atomic mass is 79.9. The summed E-state index contributed by atoms with van der Waals surface area (Å²) in [6.45, 7) is 7.40. The van der Waals surface area contributed by atoms with E-state index in [1.54, 1.807) is 44.4 Å². The molecule has 1 heterocycles. The number of hydrogen-bond donors (Lipinski definition) is 1. The Hall–Kier alpha value is -2.83. The van der Waals surface area contributed by atoms with Gasteiger partial charge >= 0.3 is 12.1 Å². The molecule has 30 heavy (non-hydrogen) atoms. The molecule has 0 saturated heterocycles. The summed E-state index contributed by atoms with van der Waals surface area (Å²) in [5.41, 5.74) is 0.0151. The molecular weight excluding hydrogens is 452 g/mol. The lowest BCUT2D eigenvalue weighted by atomic mass is 9.80. The van der Waals surface area contributed by atoms with Crippen molar-refractivity contribution in [2.45, 2.75) is 45.8 Å². The Labute approximate surface area is 184 Å². The third-order valence-corrected chi connectivity index (χ3v) is 4.86. The number of carbonyl (C=O) groups excluding carboxylic acids is 4. The minimum Gasteiger partial charge on any atom is -0.461 e. The molecule has 0 spiro atoms. The summed E-state index contributed by atoms with van der Waals surface area (Å²) < 4.78 is 6.41. The molecule has 0 saturated carbocycles. The Bertz CT molecular complexity index is 863. The molecule has 0 radical (unpaired) electrons. The zero-order valence-electron chi connectivity index (χ0n) is 17.3. The molecule has 1 unspecified atom stereocenters. The summed E-state index contributed by atoms with van der Waals surface area (Å²) in [6.07, 6.45) is 3.23. The van der Waals surface area contributed by atoms with E-state index >= 15 is 0 Å². The third kappa shape index (κ3) is 7.21. The number of ether oxygens (including phenoxy) is 1. The van der Waals surface area contributed by atoms with Gasteiger partial charge in [-0.05, 0) is 44.0 Å². The van der Waals surface area contributed by atoms with E-state index in [-0.39, 0.29) is 30.4 Å². The molecule has 0 fully saturated rings. The van der Waals surface area contributed by atoms with Crippen LogP contribution >= 0.6 is 15.9 Å². The van der Waals surface area contributed by atoms with Gasteiger partial charge in [0, 0.05) is 28.9 Å². The summed E-state index contributed by atoms with van der Waals surface area (Å²) in [7, 11) is 0. The molecule has 0 aliphatic carbocycles. The SMILES string of the molecule is CC(C)OC(=O)C(CC(=O)c1ccc(Br)cc1)(Nc1cccnc1)C(C)C.O=C=O. The molecule has 7 nitrogen and oxygen atoms in total. The molecule has 8 heteroatoms. The number of carbonyl (C=O) groups is 2. The van der Waals surface area contributed by atoms with E-state index in [1.165, 1.54) is 0 Å². The fourth-order valence-electron chi connectivity index (χ4n) is 2.76. The summed E-state index contributed by atoms with van der Waals surface area (Å²) in [5.74, 6) is -0.765. The number of halogens is 1. The standard InChI is InChI=1S/C21H25BrN2O3.CO2/c1-14(2)21(20(26)27-15(3)4,24-18-6-5-11-23-13-18)12-19(25)16-7-9-17(22)10-8-16;2-1-3/h5-11,13-15,24H,12H2,1-4H3;. The fraction of sp³-hybridized carbons (Fsp3) is 0.364. The van der Waals surface area contributed by atoms with Crippen LogP contribution in [0.15, 0.2) is 53.3 Å². The van der Waals surface area contributed by atoms with Crippen molar-refractivity contribution in [3.05, 3.63) is 58.8 Å². The van der Waals surface area contributed by atoms with Crippen molar-refractivity contribution in [1.29, 1.82) is 0 Å². The third-order valence-electron chi connectivity index (χ3n) is 4.33. The second-order valence-corrected chi connectivity index (χ2v) is 8.05. The van der Waals surface area contributed by atoms with Crippen molar-refractivity contribution < 1.29 is 23.9 Å². The molecule has 160 valence electrons. The monoisotopic (exact) mass is 476 g/mol. The molecule has 1 N–H and O–H groups in total. The van der Waals surface area contributed by atoms with E-state index in [2.05, 4.69) is 26.2 Å². The Morgan fingerprint density at radius 2 is 1.73 bits per heavy atom. The van der Waals surface area contributed by atoms with Gasteiger partial charge in [-0.15, -0.1) is 0 Å². The molecule has 0 aliphatic heterocycles. The van der Waals surface area contributed by atoms with Crippen LogP contribution in [0.25, 0.3) is 0 Å². The molecule has 1 aromatic heterocycles. The second kappa shape index (κ2) is 12.0. The van der Waals surface area contributed by atoms with Crippen LogP contribution in [0.4, 0.5) is 5.69 Å². The number of pyridine rings is 1. The summed E-state index contributed by atoms with van der Waals surface area (Å²) >= 11 is 3.37. The zero-order valence-corrected chi connectivity index (χ0v) is 18.9. The molecule has 1 aromatic carbocycles. The van der Waals surface area contributed by atoms with E-state index in [1.807, 2.05) is 32.0 Å². The van der Waals surface area contributed by atoms with Crippen molar-refractivity contribution in [3.8, 4) is 0 Å². The van der Waals surface area contributed by atoms with Crippen LogP contribution in [0.1, 0.15) is 44.5 Å². The first-order valence-corrected chi connectivity index (χ1v) is 10.1. The van der Waals surface area contributed by atoms with Gasteiger partial charge in [-0.2, -0.15) is 9.59 Å². The summed E-state index contributed by atoms with van der Waals surface area (Å²) in [4.78, 5) is 46.4. The van der Waals surface area contributed by atoms with Crippen LogP contribution in [0.2, 0.25) is 0 Å². The van der Waals surface area contributed by atoms with Gasteiger partial charge in [0.05, 0.1) is 11.8 Å². The normalized spacial score (nSPS) is 12.2. The second-order valence-electron chi connectivity index (χ2n) is 7.14. The van der Waals surface area contributed by atoms with Gasteiger partial charge < -0.3 is 10.1 Å². The number of esters is 1. The Kier molecular flexibility index (Phi) is 10.1. The van der Waals surface area contributed by atoms with Crippen molar-refractivity contribution >= 4 is 39.5 Å². The number of aromatic nitrogens is 1. The van der Waals surface area contributed by atoms with E-state index in [9.17, 15) is 9.59 Å². The van der Waals surface area contributed by atoms with Crippen molar-refractivity contribution in [1.82, 2.24) is 4.98 Å². The van der Waals surface area contributed by atoms with Crippen molar-refractivity contribution in [2.75, 3.05) is 5.32 Å². The minimum absolute atomic E-state index is 0.0211. The average molecular weight is 477 g/mol. The minimum atomic E-state index is -1.20. The number of anilines is 1. The molecular formula is C22H25BrN2O5. The first-order chi connectivity index (χ1) is 14.2. The highest BCUT2D eigenvalue weighted by molar-refractivity contribution is 9.10. The lowest BCUT2D eigenvalue weighted by Crippen LogP contribution is -2.54. The van der Waals surface area contributed by atoms with Crippen LogP contribution in [0.3, 0.4) is 0 Å². The number of nitrogens with one attached hydrogen (secondary N) is 1. The predicted molar refractivity (Wildman–Crippen MR) is 115 cm³/mol. The average Bonchev–Trinajstić information content (AvgIpc) is 2.68. The molecule has 2 aromatic rings.